The number of rotatable bonds is 4. The van der Waals surface area contributed by atoms with Gasteiger partial charge in [-0.3, -0.25) is 9.59 Å². The number of carbonyl (C=O) groups is 2. The fourth-order valence-electron chi connectivity index (χ4n) is 2.01. The van der Waals surface area contributed by atoms with E-state index in [9.17, 15) is 14.7 Å². The van der Waals surface area contributed by atoms with Crippen molar-refractivity contribution in [3.63, 3.8) is 0 Å². The molecule has 6 heteroatoms. The molecule has 5 nitrogen and oxygen atoms in total. The first kappa shape index (κ1) is 22.1. The minimum atomic E-state index is -0.255. The van der Waals surface area contributed by atoms with Crippen molar-refractivity contribution in [3.8, 4) is 17.0 Å². The summed E-state index contributed by atoms with van der Waals surface area (Å²) in [7, 11) is 0. The Morgan fingerprint density at radius 1 is 1.00 bits per heavy atom. The van der Waals surface area contributed by atoms with Crippen molar-refractivity contribution < 1.29 is 14.7 Å². The Balaban J connectivity index is 0.000000855. The first-order valence-corrected chi connectivity index (χ1v) is 9.65. The fraction of sp³-hybridized carbons (Fsp3) is 0.190. The van der Waals surface area contributed by atoms with Crippen molar-refractivity contribution in [2.24, 2.45) is 0 Å². The zero-order valence-corrected chi connectivity index (χ0v) is 16.7. The lowest BCUT2D eigenvalue weighted by Crippen LogP contribution is -2.11. The first-order valence-electron chi connectivity index (χ1n) is 8.77. The third kappa shape index (κ3) is 6.34. The molecule has 0 bridgehead atoms. The van der Waals surface area contributed by atoms with Crippen LogP contribution in [0.1, 0.15) is 47.9 Å². The monoisotopic (exact) mass is 384 g/mol. The van der Waals surface area contributed by atoms with Gasteiger partial charge in [-0.15, -0.1) is 11.3 Å². The number of amides is 1. The van der Waals surface area contributed by atoms with E-state index in [1.807, 2.05) is 45.2 Å². The third-order valence-electron chi connectivity index (χ3n) is 3.19. The lowest BCUT2D eigenvalue weighted by Gasteiger charge is -2.06. The van der Waals surface area contributed by atoms with Crippen LogP contribution >= 0.6 is 11.3 Å². The van der Waals surface area contributed by atoms with Gasteiger partial charge in [0.1, 0.15) is 5.75 Å². The average Bonchev–Trinajstić information content (AvgIpc) is 3.21. The van der Waals surface area contributed by atoms with E-state index in [1.165, 1.54) is 23.5 Å². The van der Waals surface area contributed by atoms with E-state index in [2.05, 4.69) is 10.3 Å². The summed E-state index contributed by atoms with van der Waals surface area (Å²) in [5.74, 6) is -0.140. The molecule has 0 saturated carbocycles. The van der Waals surface area contributed by atoms with Gasteiger partial charge in [0.25, 0.3) is 5.91 Å². The topological polar surface area (TPSA) is 79.3 Å². The van der Waals surface area contributed by atoms with Crippen molar-refractivity contribution in [3.05, 3.63) is 64.5 Å². The lowest BCUT2D eigenvalue weighted by molar-refractivity contribution is 0.102. The maximum absolute atomic E-state index is 12.1. The number of nitrogens with one attached hydrogen (secondary N) is 1. The van der Waals surface area contributed by atoms with Crippen LogP contribution in [0, 0.1) is 0 Å². The van der Waals surface area contributed by atoms with Gasteiger partial charge < -0.3 is 10.4 Å². The van der Waals surface area contributed by atoms with Gasteiger partial charge in [0, 0.05) is 22.2 Å². The smallest absolute Gasteiger partial charge is 0.255 e. The molecule has 0 aliphatic heterocycles. The van der Waals surface area contributed by atoms with Crippen LogP contribution in [-0.4, -0.2) is 22.3 Å². The summed E-state index contributed by atoms with van der Waals surface area (Å²) in [4.78, 5) is 26.9. The summed E-state index contributed by atoms with van der Waals surface area (Å²) in [6.45, 7) is 8.00. The number of carbonyl (C=O) groups excluding carboxylic acids is 2. The van der Waals surface area contributed by atoms with Crippen LogP contribution in [0.4, 0.5) is 5.69 Å². The highest BCUT2D eigenvalue weighted by molar-refractivity contribution is 7.11. The second-order valence-corrected chi connectivity index (χ2v) is 5.66. The molecule has 1 amide bonds. The third-order valence-corrected chi connectivity index (χ3v) is 3.96. The predicted octanol–water partition coefficient (Wildman–Crippen LogP) is 5.63. The molecule has 142 valence electrons. The number of benzene rings is 2. The van der Waals surface area contributed by atoms with E-state index in [0.717, 1.165) is 17.5 Å². The number of thiazole rings is 1. The number of aldehydes is 1. The van der Waals surface area contributed by atoms with Crippen LogP contribution < -0.4 is 5.32 Å². The van der Waals surface area contributed by atoms with Gasteiger partial charge in [-0.25, -0.2) is 4.98 Å². The summed E-state index contributed by atoms with van der Waals surface area (Å²) < 4.78 is 0. The molecule has 0 atom stereocenters. The van der Waals surface area contributed by atoms with Crippen molar-refractivity contribution >= 4 is 29.2 Å². The number of hydrogen-bond donors (Lipinski definition) is 2. The number of aromatic nitrogens is 1. The molecule has 0 aliphatic carbocycles. The largest absolute Gasteiger partial charge is 0.508 e. The number of anilines is 1. The second kappa shape index (κ2) is 11.6. The quantitative estimate of drug-likeness (QED) is 0.571. The van der Waals surface area contributed by atoms with Crippen LogP contribution in [0.5, 0.6) is 5.75 Å². The van der Waals surface area contributed by atoms with Crippen molar-refractivity contribution in [1.82, 2.24) is 4.98 Å². The Hall–Kier alpha value is -2.99. The zero-order chi connectivity index (χ0) is 20.2. The van der Waals surface area contributed by atoms with Crippen molar-refractivity contribution in [2.75, 3.05) is 5.32 Å². The van der Waals surface area contributed by atoms with Crippen LogP contribution in [-0.2, 0) is 0 Å². The number of phenolic OH excluding ortho intramolecular Hbond substituents is 1. The molecule has 3 rings (SSSR count). The van der Waals surface area contributed by atoms with Crippen molar-refractivity contribution in [2.45, 2.75) is 27.7 Å². The fourth-order valence-corrected chi connectivity index (χ4v) is 2.64. The normalized spacial score (nSPS) is 9.19. The summed E-state index contributed by atoms with van der Waals surface area (Å²) in [5, 5.41) is 14.3. The molecule has 2 aromatic carbocycles. The molecule has 1 heterocycles. The highest BCUT2D eigenvalue weighted by atomic mass is 32.1. The molecule has 0 saturated heterocycles. The minimum Gasteiger partial charge on any atom is -0.508 e. The highest BCUT2D eigenvalue weighted by Crippen LogP contribution is 2.23. The minimum absolute atomic E-state index is 0.115. The molecular weight excluding hydrogens is 360 g/mol. The molecule has 1 aromatic heterocycles. The van der Waals surface area contributed by atoms with E-state index >= 15 is 0 Å². The molecule has 0 radical (unpaired) electrons. The van der Waals surface area contributed by atoms with Gasteiger partial charge >= 0.3 is 0 Å². The Kier molecular flexibility index (Phi) is 9.47. The highest BCUT2D eigenvalue weighted by Gasteiger charge is 2.07. The van der Waals surface area contributed by atoms with Crippen LogP contribution in [0.25, 0.3) is 11.3 Å². The lowest BCUT2D eigenvalue weighted by atomic mass is 10.1. The molecule has 0 fully saturated rings. The molecule has 3 aromatic rings. The van der Waals surface area contributed by atoms with E-state index in [4.69, 9.17) is 0 Å². The molecule has 27 heavy (non-hydrogen) atoms. The number of nitrogens with zero attached hydrogens (tertiary/aromatic N) is 1. The molecular formula is C21H24N2O3S. The summed E-state index contributed by atoms with van der Waals surface area (Å²) >= 11 is 1.29. The standard InChI is InChI=1S/C17H12N2O3S.2C2H6/c20-9-16-19-15(10-23-16)11-1-5-13(6-2-11)18-17(22)12-3-7-14(21)8-4-12;2*1-2/h1-10,21H,(H,18,22);2*1-2H3. The summed E-state index contributed by atoms with van der Waals surface area (Å²) in [6.07, 6.45) is 0.723. The second-order valence-electron chi connectivity index (χ2n) is 4.77. The van der Waals surface area contributed by atoms with Crippen LogP contribution in [0.15, 0.2) is 53.9 Å². The number of phenols is 1. The van der Waals surface area contributed by atoms with Crippen molar-refractivity contribution in [1.29, 1.82) is 0 Å². The van der Waals surface area contributed by atoms with Crippen LogP contribution in [0.3, 0.4) is 0 Å². The van der Waals surface area contributed by atoms with Gasteiger partial charge in [0.05, 0.1) is 5.69 Å². The molecule has 2 N–H and O–H groups in total. The zero-order valence-electron chi connectivity index (χ0n) is 15.9. The van der Waals surface area contributed by atoms with E-state index in [1.54, 1.807) is 24.3 Å². The summed E-state index contributed by atoms with van der Waals surface area (Å²) in [5.41, 5.74) is 2.71. The van der Waals surface area contributed by atoms with E-state index in [0.29, 0.717) is 16.3 Å². The number of aromatic hydroxyl groups is 1. The average molecular weight is 385 g/mol. The van der Waals surface area contributed by atoms with Gasteiger partial charge in [0.15, 0.2) is 11.3 Å². The van der Waals surface area contributed by atoms with Gasteiger partial charge in [0.2, 0.25) is 0 Å². The Bertz CT molecular complexity index is 841. The Morgan fingerprint density at radius 2 is 1.59 bits per heavy atom. The maximum Gasteiger partial charge on any atom is 0.255 e. The van der Waals surface area contributed by atoms with Gasteiger partial charge in [-0.05, 0) is 36.4 Å². The molecule has 0 spiro atoms. The van der Waals surface area contributed by atoms with Gasteiger partial charge in [-0.1, -0.05) is 39.8 Å². The molecule has 0 unspecified atom stereocenters. The predicted molar refractivity (Wildman–Crippen MR) is 112 cm³/mol. The van der Waals surface area contributed by atoms with E-state index < -0.39 is 0 Å². The number of hydrogen-bond acceptors (Lipinski definition) is 5. The summed E-state index contributed by atoms with van der Waals surface area (Å²) in [6, 6.07) is 13.2. The first-order chi connectivity index (χ1) is 13.2. The van der Waals surface area contributed by atoms with Crippen LogP contribution in [0.2, 0.25) is 0 Å². The SMILES string of the molecule is CC.CC.O=Cc1nc(-c2ccc(NC(=O)c3ccc(O)cc3)cc2)cs1. The van der Waals surface area contributed by atoms with Gasteiger partial charge in [-0.2, -0.15) is 0 Å². The van der Waals surface area contributed by atoms with E-state index in [-0.39, 0.29) is 11.7 Å². The molecule has 0 aliphatic rings. The maximum atomic E-state index is 12.1. The Morgan fingerprint density at radius 3 is 2.11 bits per heavy atom. The Labute approximate surface area is 163 Å².